The van der Waals surface area contributed by atoms with Gasteiger partial charge in [-0.1, -0.05) is 12.2 Å². The van der Waals surface area contributed by atoms with Crippen LogP contribution < -0.4 is 0 Å². The van der Waals surface area contributed by atoms with Crippen molar-refractivity contribution in [1.82, 2.24) is 5.06 Å². The number of carbonyl (C=O) groups is 1. The van der Waals surface area contributed by atoms with E-state index in [-0.39, 0.29) is 24.3 Å². The van der Waals surface area contributed by atoms with Gasteiger partial charge >= 0.3 is 0 Å². The fourth-order valence-corrected chi connectivity index (χ4v) is 1.50. The molecule has 0 saturated heterocycles. The molecule has 1 aliphatic rings. The van der Waals surface area contributed by atoms with Gasteiger partial charge in [0, 0.05) is 13.0 Å². The average molecular weight is 185 g/mol. The summed E-state index contributed by atoms with van der Waals surface area (Å²) in [7, 11) is 3.03. The molecule has 1 N–H and O–H groups in total. The SMILES string of the molecule is CON(C)C(=O)[C@@H]1CC=C[C@H]1CO. The van der Waals surface area contributed by atoms with E-state index >= 15 is 0 Å². The normalized spacial score (nSPS) is 26.4. The van der Waals surface area contributed by atoms with Gasteiger partial charge in [-0.05, 0) is 6.42 Å². The lowest BCUT2D eigenvalue weighted by Crippen LogP contribution is -2.34. The van der Waals surface area contributed by atoms with Crippen LogP contribution in [0.15, 0.2) is 12.2 Å². The summed E-state index contributed by atoms with van der Waals surface area (Å²) in [6, 6.07) is 0. The molecule has 2 atom stereocenters. The first-order valence-corrected chi connectivity index (χ1v) is 4.30. The highest BCUT2D eigenvalue weighted by molar-refractivity contribution is 5.78. The third-order valence-corrected chi connectivity index (χ3v) is 2.40. The first-order chi connectivity index (χ1) is 6.20. The Morgan fingerprint density at radius 3 is 3.00 bits per heavy atom. The highest BCUT2D eigenvalue weighted by atomic mass is 16.7. The molecule has 0 heterocycles. The first-order valence-electron chi connectivity index (χ1n) is 4.30. The summed E-state index contributed by atoms with van der Waals surface area (Å²) >= 11 is 0. The van der Waals surface area contributed by atoms with Crippen molar-refractivity contribution >= 4 is 5.91 Å². The van der Waals surface area contributed by atoms with Crippen molar-refractivity contribution in [2.45, 2.75) is 6.42 Å². The third kappa shape index (κ3) is 2.08. The Morgan fingerprint density at radius 2 is 2.46 bits per heavy atom. The Kier molecular flexibility index (Phi) is 3.45. The maximum absolute atomic E-state index is 11.6. The molecule has 0 radical (unpaired) electrons. The van der Waals surface area contributed by atoms with E-state index in [2.05, 4.69) is 0 Å². The average Bonchev–Trinajstić information content (AvgIpc) is 2.62. The summed E-state index contributed by atoms with van der Waals surface area (Å²) in [6.45, 7) is 0.0183. The third-order valence-electron chi connectivity index (χ3n) is 2.40. The van der Waals surface area contributed by atoms with Crippen LogP contribution >= 0.6 is 0 Å². The summed E-state index contributed by atoms with van der Waals surface area (Å²) < 4.78 is 0. The zero-order chi connectivity index (χ0) is 9.84. The summed E-state index contributed by atoms with van der Waals surface area (Å²) in [6.07, 6.45) is 4.50. The summed E-state index contributed by atoms with van der Waals surface area (Å²) in [5.74, 6) is -0.286. The zero-order valence-corrected chi connectivity index (χ0v) is 7.93. The molecular weight excluding hydrogens is 170 g/mol. The fraction of sp³-hybridized carbons (Fsp3) is 0.667. The van der Waals surface area contributed by atoms with Crippen molar-refractivity contribution in [3.8, 4) is 0 Å². The van der Waals surface area contributed by atoms with Gasteiger partial charge in [0.25, 0.3) is 0 Å². The molecule has 0 fully saturated rings. The maximum Gasteiger partial charge on any atom is 0.249 e. The number of nitrogens with zero attached hydrogens (tertiary/aromatic N) is 1. The lowest BCUT2D eigenvalue weighted by atomic mass is 9.95. The number of allylic oxidation sites excluding steroid dienone is 1. The predicted molar refractivity (Wildman–Crippen MR) is 47.6 cm³/mol. The first kappa shape index (κ1) is 10.2. The van der Waals surface area contributed by atoms with E-state index in [0.717, 1.165) is 0 Å². The predicted octanol–water partition coefficient (Wildman–Crippen LogP) is 0.191. The molecule has 0 aromatic heterocycles. The standard InChI is InChI=1S/C9H15NO3/c1-10(13-2)9(12)8-5-3-4-7(8)6-11/h3-4,7-8,11H,5-6H2,1-2H3/t7-,8+/m0/s1. The van der Waals surface area contributed by atoms with Crippen LogP contribution in [-0.2, 0) is 9.63 Å². The van der Waals surface area contributed by atoms with Gasteiger partial charge in [-0.2, -0.15) is 0 Å². The van der Waals surface area contributed by atoms with Crippen molar-refractivity contribution in [1.29, 1.82) is 0 Å². The van der Waals surface area contributed by atoms with Gasteiger partial charge in [-0.3, -0.25) is 9.63 Å². The second kappa shape index (κ2) is 4.39. The number of aliphatic hydroxyl groups is 1. The second-order valence-corrected chi connectivity index (χ2v) is 3.14. The molecule has 0 spiro atoms. The van der Waals surface area contributed by atoms with Gasteiger partial charge in [0.05, 0.1) is 19.6 Å². The number of hydrogen-bond donors (Lipinski definition) is 1. The smallest absolute Gasteiger partial charge is 0.249 e. The van der Waals surface area contributed by atoms with Gasteiger partial charge in [-0.25, -0.2) is 5.06 Å². The van der Waals surface area contributed by atoms with Crippen LogP contribution in [0, 0.1) is 11.8 Å². The number of hydrogen-bond acceptors (Lipinski definition) is 3. The molecule has 0 bridgehead atoms. The second-order valence-electron chi connectivity index (χ2n) is 3.14. The molecule has 0 aromatic rings. The maximum atomic E-state index is 11.6. The van der Waals surface area contributed by atoms with Crippen LogP contribution in [0.3, 0.4) is 0 Å². The van der Waals surface area contributed by atoms with Gasteiger partial charge in [0.2, 0.25) is 5.91 Å². The number of rotatable bonds is 3. The molecule has 1 aliphatic carbocycles. The molecule has 13 heavy (non-hydrogen) atoms. The largest absolute Gasteiger partial charge is 0.396 e. The highest BCUT2D eigenvalue weighted by Gasteiger charge is 2.30. The van der Waals surface area contributed by atoms with Crippen LogP contribution in [0.4, 0.5) is 0 Å². The van der Waals surface area contributed by atoms with Gasteiger partial charge in [0.1, 0.15) is 0 Å². The molecule has 74 valence electrons. The molecule has 0 aromatic carbocycles. The molecule has 1 amide bonds. The van der Waals surface area contributed by atoms with E-state index in [9.17, 15) is 4.79 Å². The van der Waals surface area contributed by atoms with Crippen LogP contribution in [0.1, 0.15) is 6.42 Å². The van der Waals surface area contributed by atoms with Crippen molar-refractivity contribution in [2.75, 3.05) is 20.8 Å². The Hall–Kier alpha value is -0.870. The number of amides is 1. The Bertz CT molecular complexity index is 215. The van der Waals surface area contributed by atoms with E-state index in [0.29, 0.717) is 6.42 Å². The molecule has 4 nitrogen and oxygen atoms in total. The van der Waals surface area contributed by atoms with Crippen molar-refractivity contribution in [3.05, 3.63) is 12.2 Å². The molecule has 0 aliphatic heterocycles. The summed E-state index contributed by atoms with van der Waals surface area (Å²) in [5, 5.41) is 10.2. The minimum Gasteiger partial charge on any atom is -0.396 e. The van der Waals surface area contributed by atoms with E-state index < -0.39 is 0 Å². The van der Waals surface area contributed by atoms with E-state index in [1.807, 2.05) is 12.2 Å². The molecule has 1 rings (SSSR count). The fourth-order valence-electron chi connectivity index (χ4n) is 1.50. The van der Waals surface area contributed by atoms with Crippen LogP contribution in [0.2, 0.25) is 0 Å². The number of hydroxylamine groups is 2. The summed E-state index contributed by atoms with van der Waals surface area (Å²) in [5.41, 5.74) is 0. The van der Waals surface area contributed by atoms with E-state index in [1.54, 1.807) is 7.05 Å². The monoisotopic (exact) mass is 185 g/mol. The van der Waals surface area contributed by atoms with Crippen LogP contribution in [0.5, 0.6) is 0 Å². The quantitative estimate of drug-likeness (QED) is 0.504. The Labute approximate surface area is 77.7 Å². The lowest BCUT2D eigenvalue weighted by molar-refractivity contribution is -0.174. The number of aliphatic hydroxyl groups excluding tert-OH is 1. The van der Waals surface area contributed by atoms with Crippen molar-refractivity contribution in [2.24, 2.45) is 11.8 Å². The highest BCUT2D eigenvalue weighted by Crippen LogP contribution is 2.26. The molecule has 4 heteroatoms. The number of carbonyl (C=O) groups excluding carboxylic acids is 1. The van der Waals surface area contributed by atoms with Crippen LogP contribution in [0.25, 0.3) is 0 Å². The minimum atomic E-state index is -0.157. The molecule has 0 saturated carbocycles. The minimum absolute atomic E-state index is 0.0183. The van der Waals surface area contributed by atoms with Crippen molar-refractivity contribution < 1.29 is 14.7 Å². The Balaban J connectivity index is 2.57. The Morgan fingerprint density at radius 1 is 1.77 bits per heavy atom. The van der Waals surface area contributed by atoms with E-state index in [1.165, 1.54) is 12.2 Å². The van der Waals surface area contributed by atoms with E-state index in [4.69, 9.17) is 9.94 Å². The van der Waals surface area contributed by atoms with Crippen LogP contribution in [-0.4, -0.2) is 36.8 Å². The zero-order valence-electron chi connectivity index (χ0n) is 7.93. The van der Waals surface area contributed by atoms with Crippen molar-refractivity contribution in [3.63, 3.8) is 0 Å². The van der Waals surface area contributed by atoms with Gasteiger partial charge < -0.3 is 5.11 Å². The molecular formula is C9H15NO3. The van der Waals surface area contributed by atoms with Gasteiger partial charge in [-0.15, -0.1) is 0 Å². The summed E-state index contributed by atoms with van der Waals surface area (Å²) in [4.78, 5) is 16.4. The topological polar surface area (TPSA) is 49.8 Å². The lowest BCUT2D eigenvalue weighted by Gasteiger charge is -2.21. The van der Waals surface area contributed by atoms with Gasteiger partial charge in [0.15, 0.2) is 0 Å². The molecule has 0 unspecified atom stereocenters.